The van der Waals surface area contributed by atoms with Gasteiger partial charge in [-0.25, -0.2) is 13.6 Å². The number of amides is 1. The summed E-state index contributed by atoms with van der Waals surface area (Å²) in [7, 11) is 0. The Labute approximate surface area is 168 Å². The summed E-state index contributed by atoms with van der Waals surface area (Å²) in [4.78, 5) is 29.8. The van der Waals surface area contributed by atoms with Gasteiger partial charge in [0.25, 0.3) is 0 Å². The SMILES string of the molecule is O=C(CN1CCN(c2cc(F)c(Cl)c(F)c2)CC1)Nc1ccc2[nH]c(=O)oc2c1. The van der Waals surface area contributed by atoms with Gasteiger partial charge in [-0.2, -0.15) is 0 Å². The number of piperazine rings is 1. The predicted molar refractivity (Wildman–Crippen MR) is 105 cm³/mol. The van der Waals surface area contributed by atoms with Crippen molar-refractivity contribution in [3.63, 3.8) is 0 Å². The zero-order valence-electron chi connectivity index (χ0n) is 15.2. The van der Waals surface area contributed by atoms with Crippen LogP contribution in [0.4, 0.5) is 20.2 Å². The molecular weight excluding hydrogens is 406 g/mol. The fourth-order valence-electron chi connectivity index (χ4n) is 3.32. The molecular formula is C19H17ClF2N4O3. The summed E-state index contributed by atoms with van der Waals surface area (Å²) in [6, 6.07) is 7.32. The molecule has 0 unspecified atom stereocenters. The number of nitrogens with one attached hydrogen (secondary N) is 2. The van der Waals surface area contributed by atoms with Crippen molar-refractivity contribution in [2.24, 2.45) is 0 Å². The van der Waals surface area contributed by atoms with Crippen LogP contribution >= 0.6 is 11.6 Å². The third kappa shape index (κ3) is 4.25. The van der Waals surface area contributed by atoms with E-state index in [1.165, 1.54) is 12.1 Å². The molecule has 2 aromatic carbocycles. The highest BCUT2D eigenvalue weighted by Crippen LogP contribution is 2.26. The average Bonchev–Trinajstić information content (AvgIpc) is 3.05. The van der Waals surface area contributed by atoms with Crippen LogP contribution in [0.2, 0.25) is 5.02 Å². The average molecular weight is 423 g/mol. The molecule has 1 aromatic heterocycles. The highest BCUT2D eigenvalue weighted by atomic mass is 35.5. The molecule has 0 aliphatic carbocycles. The maximum Gasteiger partial charge on any atom is 0.417 e. The van der Waals surface area contributed by atoms with Crippen LogP contribution in [0.5, 0.6) is 0 Å². The van der Waals surface area contributed by atoms with Gasteiger partial charge in [0.05, 0.1) is 12.1 Å². The van der Waals surface area contributed by atoms with Gasteiger partial charge in [0, 0.05) is 43.6 Å². The number of halogens is 3. The number of anilines is 2. The maximum absolute atomic E-state index is 13.7. The van der Waals surface area contributed by atoms with E-state index in [1.54, 1.807) is 18.2 Å². The fraction of sp³-hybridized carbons (Fsp3) is 0.263. The zero-order valence-corrected chi connectivity index (χ0v) is 15.9. The largest absolute Gasteiger partial charge is 0.417 e. The van der Waals surface area contributed by atoms with Gasteiger partial charge in [0.1, 0.15) is 16.7 Å². The molecule has 1 aliphatic rings. The Morgan fingerprint density at radius 2 is 1.83 bits per heavy atom. The molecule has 29 heavy (non-hydrogen) atoms. The van der Waals surface area contributed by atoms with Crippen LogP contribution in [-0.2, 0) is 4.79 Å². The molecule has 0 bridgehead atoms. The van der Waals surface area contributed by atoms with Crippen molar-refractivity contribution in [1.82, 2.24) is 9.88 Å². The van der Waals surface area contributed by atoms with Gasteiger partial charge < -0.3 is 14.6 Å². The number of nitrogens with zero attached hydrogens (tertiary/aromatic N) is 2. The van der Waals surface area contributed by atoms with E-state index in [0.29, 0.717) is 48.7 Å². The molecule has 1 aliphatic heterocycles. The summed E-state index contributed by atoms with van der Waals surface area (Å²) in [6.07, 6.45) is 0. The molecule has 7 nitrogen and oxygen atoms in total. The molecule has 4 rings (SSSR count). The van der Waals surface area contributed by atoms with Crippen molar-refractivity contribution in [2.45, 2.75) is 0 Å². The normalized spacial score (nSPS) is 15.1. The topological polar surface area (TPSA) is 81.6 Å². The van der Waals surface area contributed by atoms with Gasteiger partial charge >= 0.3 is 5.76 Å². The molecule has 2 N–H and O–H groups in total. The van der Waals surface area contributed by atoms with Gasteiger partial charge in [-0.3, -0.25) is 14.7 Å². The first-order valence-corrected chi connectivity index (χ1v) is 9.31. The van der Waals surface area contributed by atoms with Crippen molar-refractivity contribution in [3.8, 4) is 0 Å². The molecule has 1 fully saturated rings. The summed E-state index contributed by atoms with van der Waals surface area (Å²) < 4.78 is 32.3. The van der Waals surface area contributed by atoms with Crippen LogP contribution in [0, 0.1) is 11.6 Å². The first-order chi connectivity index (χ1) is 13.9. The van der Waals surface area contributed by atoms with E-state index in [-0.39, 0.29) is 12.5 Å². The Hall–Kier alpha value is -2.91. The number of hydrogen-bond donors (Lipinski definition) is 2. The zero-order chi connectivity index (χ0) is 20.5. The number of H-pyrrole nitrogens is 1. The van der Waals surface area contributed by atoms with Crippen LogP contribution in [-0.4, -0.2) is 48.5 Å². The number of hydrogen-bond acceptors (Lipinski definition) is 5. The highest BCUT2D eigenvalue weighted by molar-refractivity contribution is 6.31. The number of aromatic nitrogens is 1. The second kappa shape index (κ2) is 7.84. The smallest absolute Gasteiger partial charge is 0.408 e. The minimum absolute atomic E-state index is 0.173. The lowest BCUT2D eigenvalue weighted by atomic mass is 10.2. The van der Waals surface area contributed by atoms with Crippen LogP contribution in [0.1, 0.15) is 0 Å². The van der Waals surface area contributed by atoms with Gasteiger partial charge in [0.15, 0.2) is 5.58 Å². The van der Waals surface area contributed by atoms with Crippen LogP contribution in [0.15, 0.2) is 39.5 Å². The number of carbonyl (C=O) groups excluding carboxylic acids is 1. The quantitative estimate of drug-likeness (QED) is 0.632. The van der Waals surface area contributed by atoms with Crippen molar-refractivity contribution in [1.29, 1.82) is 0 Å². The van der Waals surface area contributed by atoms with E-state index >= 15 is 0 Å². The van der Waals surface area contributed by atoms with E-state index < -0.39 is 22.4 Å². The number of oxazole rings is 1. The lowest BCUT2D eigenvalue weighted by Gasteiger charge is -2.35. The number of benzene rings is 2. The first kappa shape index (κ1) is 19.4. The minimum Gasteiger partial charge on any atom is -0.408 e. The Kier molecular flexibility index (Phi) is 5.25. The molecule has 0 radical (unpaired) electrons. The first-order valence-electron chi connectivity index (χ1n) is 8.93. The second-order valence-corrected chi connectivity index (χ2v) is 7.14. The number of aromatic amines is 1. The fourth-order valence-corrected chi connectivity index (χ4v) is 3.42. The summed E-state index contributed by atoms with van der Waals surface area (Å²) in [5, 5.41) is 2.26. The van der Waals surface area contributed by atoms with Gasteiger partial charge in [-0.15, -0.1) is 0 Å². The van der Waals surface area contributed by atoms with Crippen LogP contribution < -0.4 is 16.0 Å². The van der Waals surface area contributed by atoms with E-state index in [4.69, 9.17) is 16.0 Å². The van der Waals surface area contributed by atoms with E-state index in [1.807, 2.05) is 9.80 Å². The number of carbonyl (C=O) groups is 1. The highest BCUT2D eigenvalue weighted by Gasteiger charge is 2.21. The van der Waals surface area contributed by atoms with Crippen molar-refractivity contribution >= 4 is 40.0 Å². The summed E-state index contributed by atoms with van der Waals surface area (Å²) in [5.74, 6) is -2.35. The number of fused-ring (bicyclic) bond motifs is 1. The molecule has 2 heterocycles. The van der Waals surface area contributed by atoms with E-state index in [0.717, 1.165) is 0 Å². The molecule has 152 valence electrons. The Morgan fingerprint density at radius 1 is 1.14 bits per heavy atom. The van der Waals surface area contributed by atoms with Gasteiger partial charge in [-0.05, 0) is 24.3 Å². The third-order valence-electron chi connectivity index (χ3n) is 4.78. The lowest BCUT2D eigenvalue weighted by Crippen LogP contribution is -2.48. The molecule has 3 aromatic rings. The minimum atomic E-state index is -0.793. The molecule has 1 amide bonds. The third-order valence-corrected chi connectivity index (χ3v) is 5.14. The van der Waals surface area contributed by atoms with E-state index in [2.05, 4.69) is 10.3 Å². The molecule has 10 heteroatoms. The second-order valence-electron chi connectivity index (χ2n) is 6.76. The maximum atomic E-state index is 13.7. The lowest BCUT2D eigenvalue weighted by molar-refractivity contribution is -0.117. The van der Waals surface area contributed by atoms with Gasteiger partial charge in [0.2, 0.25) is 5.91 Å². The Balaban J connectivity index is 1.33. The predicted octanol–water partition coefficient (Wildman–Crippen LogP) is 2.81. The molecule has 0 spiro atoms. The van der Waals surface area contributed by atoms with Crippen molar-refractivity contribution < 1.29 is 18.0 Å². The Bertz CT molecular complexity index is 1100. The summed E-state index contributed by atoms with van der Waals surface area (Å²) >= 11 is 5.52. The molecule has 1 saturated heterocycles. The monoisotopic (exact) mass is 422 g/mol. The van der Waals surface area contributed by atoms with E-state index in [9.17, 15) is 18.4 Å². The van der Waals surface area contributed by atoms with Crippen molar-refractivity contribution in [3.05, 3.63) is 57.5 Å². The van der Waals surface area contributed by atoms with Crippen LogP contribution in [0.25, 0.3) is 11.1 Å². The van der Waals surface area contributed by atoms with Gasteiger partial charge in [-0.1, -0.05) is 11.6 Å². The van der Waals surface area contributed by atoms with Crippen LogP contribution in [0.3, 0.4) is 0 Å². The Morgan fingerprint density at radius 3 is 2.52 bits per heavy atom. The van der Waals surface area contributed by atoms with Crippen molar-refractivity contribution in [2.75, 3.05) is 42.9 Å². The molecule has 0 saturated carbocycles. The molecule has 0 atom stereocenters. The standard InChI is InChI=1S/C19H17ClF2N4O3/c20-18-13(21)8-12(9-14(18)22)26-5-3-25(4-6-26)10-17(27)23-11-1-2-15-16(7-11)29-19(28)24-15/h1-2,7-9H,3-6,10H2,(H,23,27)(H,24,28). The number of rotatable bonds is 4. The summed E-state index contributed by atoms with van der Waals surface area (Å²) in [5.41, 5.74) is 1.87. The summed E-state index contributed by atoms with van der Waals surface area (Å²) in [6.45, 7) is 2.34.